The number of azo groups is 1. The summed E-state index contributed by atoms with van der Waals surface area (Å²) >= 11 is 0. The van der Waals surface area contributed by atoms with Crippen molar-refractivity contribution in [3.8, 4) is 5.75 Å². The number of piperidine rings is 1. The van der Waals surface area contributed by atoms with Gasteiger partial charge in [0.05, 0.1) is 22.9 Å². The summed E-state index contributed by atoms with van der Waals surface area (Å²) in [5.41, 5.74) is 1.21. The quantitative estimate of drug-likeness (QED) is 0.457. The van der Waals surface area contributed by atoms with Gasteiger partial charge in [0.15, 0.2) is 5.69 Å². The summed E-state index contributed by atoms with van der Waals surface area (Å²) in [6, 6.07) is 4.98. The van der Waals surface area contributed by atoms with Crippen molar-refractivity contribution in [3.05, 3.63) is 39.8 Å². The van der Waals surface area contributed by atoms with E-state index in [1.54, 1.807) is 29.4 Å². The molecular formula is C25H33N5O6S. The van der Waals surface area contributed by atoms with Crippen LogP contribution >= 0.6 is 0 Å². The number of hydrogen-bond donors (Lipinski definition) is 3. The maximum Gasteiger partial charge on any atom is 0.306 e. The number of aryl methyl sites for hydroxylation is 1. The predicted molar refractivity (Wildman–Crippen MR) is 136 cm³/mol. The predicted octanol–water partition coefficient (Wildman–Crippen LogP) is 4.09. The fourth-order valence-electron chi connectivity index (χ4n) is 5.62. The molecule has 2 unspecified atom stereocenters. The van der Waals surface area contributed by atoms with Gasteiger partial charge in [-0.3, -0.25) is 14.7 Å². The van der Waals surface area contributed by atoms with Gasteiger partial charge in [-0.25, -0.2) is 17.4 Å². The molecule has 1 aliphatic heterocycles. The third kappa shape index (κ3) is 5.08. The van der Waals surface area contributed by atoms with Gasteiger partial charge in [-0.1, -0.05) is 18.6 Å². The van der Waals surface area contributed by atoms with Crippen molar-refractivity contribution in [2.45, 2.75) is 75.5 Å². The Bertz CT molecular complexity index is 1370. The number of rotatable bonds is 7. The first-order valence-corrected chi connectivity index (χ1v) is 14.4. The van der Waals surface area contributed by atoms with E-state index in [0.29, 0.717) is 50.0 Å². The van der Waals surface area contributed by atoms with Crippen LogP contribution in [0.25, 0.3) is 0 Å². The van der Waals surface area contributed by atoms with Crippen LogP contribution in [0.15, 0.2) is 33.2 Å². The summed E-state index contributed by atoms with van der Waals surface area (Å²) in [7, 11) is -3.22. The van der Waals surface area contributed by atoms with E-state index >= 15 is 0 Å². The molecule has 0 radical (unpaired) electrons. The number of benzene rings is 1. The molecular weight excluding hydrogens is 498 g/mol. The van der Waals surface area contributed by atoms with E-state index in [4.69, 9.17) is 0 Å². The lowest BCUT2D eigenvalue weighted by atomic mass is 9.77. The molecule has 11 nitrogen and oxygen atoms in total. The van der Waals surface area contributed by atoms with Crippen LogP contribution in [-0.4, -0.2) is 57.0 Å². The third-order valence-electron chi connectivity index (χ3n) is 7.93. The van der Waals surface area contributed by atoms with Gasteiger partial charge in [-0.05, 0) is 69.4 Å². The molecule has 37 heavy (non-hydrogen) atoms. The zero-order chi connectivity index (χ0) is 26.3. The number of H-pyrrole nitrogens is 1. The molecule has 3 N–H and O–H groups in total. The normalized spacial score (nSPS) is 24.0. The fourth-order valence-corrected chi connectivity index (χ4v) is 7.50. The number of hydrogen-bond acceptors (Lipinski definition) is 7. The standard InChI is InChI=1S/C25H33N5O6S/c1-15-22(24(32)30(28-15)18-10-12-29(13-11-18)37(35,36)19-8-9-19)27-26-21-7-3-6-20(23(21)31)16-4-2-5-17(14-16)25(33)34/h3,6-7,16-19,28,31H,2,4-5,8-14H2,1H3,(H,33,34). The molecule has 12 heteroatoms. The highest BCUT2D eigenvalue weighted by molar-refractivity contribution is 7.90. The first kappa shape index (κ1) is 25.7. The van der Waals surface area contributed by atoms with Crippen molar-refractivity contribution in [1.29, 1.82) is 0 Å². The number of phenols is 1. The molecule has 1 saturated heterocycles. The van der Waals surface area contributed by atoms with Crippen LogP contribution in [0.2, 0.25) is 0 Å². The summed E-state index contributed by atoms with van der Waals surface area (Å²) in [6.45, 7) is 2.49. The van der Waals surface area contributed by atoms with Crippen molar-refractivity contribution in [1.82, 2.24) is 14.1 Å². The summed E-state index contributed by atoms with van der Waals surface area (Å²) in [5, 5.41) is 31.4. The molecule has 5 rings (SSSR count). The number of carboxylic acids is 1. The minimum Gasteiger partial charge on any atom is -0.505 e. The number of nitrogens with one attached hydrogen (secondary N) is 1. The lowest BCUT2D eigenvalue weighted by molar-refractivity contribution is -0.143. The molecule has 0 spiro atoms. The number of aromatic nitrogens is 2. The number of para-hydroxylation sites is 1. The minimum absolute atomic E-state index is 0.0416. The third-order valence-corrected chi connectivity index (χ3v) is 10.3. The second kappa shape index (κ2) is 10.1. The average Bonchev–Trinajstić information content (AvgIpc) is 3.71. The molecule has 2 aromatic rings. The molecule has 2 atom stereocenters. The number of sulfonamides is 1. The van der Waals surface area contributed by atoms with Crippen LogP contribution in [0.3, 0.4) is 0 Å². The highest BCUT2D eigenvalue weighted by atomic mass is 32.2. The second-order valence-electron chi connectivity index (χ2n) is 10.4. The molecule has 3 fully saturated rings. The van der Waals surface area contributed by atoms with E-state index in [0.717, 1.165) is 25.7 Å². The molecule has 2 heterocycles. The van der Waals surface area contributed by atoms with Crippen molar-refractivity contribution in [2.75, 3.05) is 13.1 Å². The smallest absolute Gasteiger partial charge is 0.306 e. The monoisotopic (exact) mass is 531 g/mol. The molecule has 200 valence electrons. The number of aromatic hydroxyl groups is 1. The Hall–Kier alpha value is -2.99. The molecule has 3 aliphatic rings. The van der Waals surface area contributed by atoms with E-state index in [2.05, 4.69) is 15.3 Å². The number of nitrogens with zero attached hydrogens (tertiary/aromatic N) is 4. The van der Waals surface area contributed by atoms with Crippen LogP contribution in [0, 0.1) is 12.8 Å². The summed E-state index contributed by atoms with van der Waals surface area (Å²) < 4.78 is 28.1. The van der Waals surface area contributed by atoms with Crippen LogP contribution < -0.4 is 5.56 Å². The maximum atomic E-state index is 13.1. The average molecular weight is 532 g/mol. The van der Waals surface area contributed by atoms with Gasteiger partial charge in [0.1, 0.15) is 11.4 Å². The van der Waals surface area contributed by atoms with Crippen molar-refractivity contribution in [2.24, 2.45) is 16.1 Å². The van der Waals surface area contributed by atoms with Crippen LogP contribution in [0.1, 0.15) is 74.6 Å². The Morgan fingerprint density at radius 1 is 1.08 bits per heavy atom. The lowest BCUT2D eigenvalue weighted by Crippen LogP contribution is -2.42. The first-order valence-electron chi connectivity index (χ1n) is 12.9. The zero-order valence-corrected chi connectivity index (χ0v) is 21.7. The highest BCUT2D eigenvalue weighted by Gasteiger charge is 2.41. The topological polar surface area (TPSA) is 157 Å². The summed E-state index contributed by atoms with van der Waals surface area (Å²) in [4.78, 5) is 24.6. The Morgan fingerprint density at radius 3 is 2.49 bits per heavy atom. The Labute approximate surface area is 215 Å². The van der Waals surface area contributed by atoms with E-state index < -0.39 is 21.9 Å². The van der Waals surface area contributed by atoms with Crippen molar-refractivity contribution >= 4 is 27.4 Å². The van der Waals surface area contributed by atoms with Gasteiger partial charge in [-0.15, -0.1) is 10.2 Å². The minimum atomic E-state index is -3.22. The van der Waals surface area contributed by atoms with Gasteiger partial charge >= 0.3 is 5.97 Å². The van der Waals surface area contributed by atoms with Gasteiger partial charge in [0, 0.05) is 13.1 Å². The molecule has 2 aliphatic carbocycles. The molecule has 0 amide bonds. The highest BCUT2D eigenvalue weighted by Crippen LogP contribution is 2.43. The lowest BCUT2D eigenvalue weighted by Gasteiger charge is -2.31. The maximum absolute atomic E-state index is 13.1. The first-order chi connectivity index (χ1) is 17.7. The molecule has 1 aromatic heterocycles. The summed E-state index contributed by atoms with van der Waals surface area (Å²) in [5.74, 6) is -1.36. The Balaban J connectivity index is 1.31. The van der Waals surface area contributed by atoms with E-state index in [-0.39, 0.29) is 39.9 Å². The van der Waals surface area contributed by atoms with E-state index in [9.17, 15) is 28.2 Å². The largest absolute Gasteiger partial charge is 0.505 e. The molecule has 0 bridgehead atoms. The number of aromatic amines is 1. The van der Waals surface area contributed by atoms with Crippen LogP contribution in [0.4, 0.5) is 11.4 Å². The molecule has 2 saturated carbocycles. The number of carboxylic acid groups (broad SMARTS) is 1. The zero-order valence-electron chi connectivity index (χ0n) is 20.8. The van der Waals surface area contributed by atoms with E-state index in [1.807, 2.05) is 0 Å². The van der Waals surface area contributed by atoms with Gasteiger partial charge in [0.25, 0.3) is 5.56 Å². The van der Waals surface area contributed by atoms with Crippen molar-refractivity contribution in [3.63, 3.8) is 0 Å². The van der Waals surface area contributed by atoms with Gasteiger partial charge < -0.3 is 10.2 Å². The number of carbonyl (C=O) groups is 1. The Kier molecular flexibility index (Phi) is 6.97. The van der Waals surface area contributed by atoms with Crippen LogP contribution in [-0.2, 0) is 14.8 Å². The fraction of sp³-hybridized carbons (Fsp3) is 0.600. The SMILES string of the molecule is Cc1[nH]n(C2CCN(S(=O)(=O)C3CC3)CC2)c(=O)c1N=Nc1cccc(C2CCCC(C(=O)O)C2)c1O. The number of phenolic OH excluding ortho intramolecular Hbond substituents is 1. The van der Waals surface area contributed by atoms with E-state index in [1.165, 1.54) is 4.68 Å². The van der Waals surface area contributed by atoms with Gasteiger partial charge in [-0.2, -0.15) is 0 Å². The van der Waals surface area contributed by atoms with Crippen LogP contribution in [0.5, 0.6) is 5.75 Å². The molecule has 1 aromatic carbocycles. The second-order valence-corrected chi connectivity index (χ2v) is 12.7. The number of aliphatic carboxylic acids is 1. The Morgan fingerprint density at radius 2 is 1.81 bits per heavy atom. The van der Waals surface area contributed by atoms with Gasteiger partial charge in [0.2, 0.25) is 10.0 Å². The van der Waals surface area contributed by atoms with Crippen molar-refractivity contribution < 1.29 is 23.4 Å². The summed E-state index contributed by atoms with van der Waals surface area (Å²) in [6.07, 6.45) is 5.20.